The molecule has 0 saturated carbocycles. The van der Waals surface area contributed by atoms with Crippen LogP contribution < -0.4 is 0 Å². The Balaban J connectivity index is 1.75. The molecule has 0 fully saturated rings. The van der Waals surface area contributed by atoms with Crippen LogP contribution in [-0.2, 0) is 6.42 Å². The predicted octanol–water partition coefficient (Wildman–Crippen LogP) is 5.15. The van der Waals surface area contributed by atoms with Crippen LogP contribution in [0.15, 0.2) is 85.2 Å². The van der Waals surface area contributed by atoms with E-state index in [1.54, 1.807) is 23.7 Å². The lowest BCUT2D eigenvalue weighted by Gasteiger charge is -2.10. The van der Waals surface area contributed by atoms with Gasteiger partial charge in [-0.25, -0.2) is 4.98 Å². The third kappa shape index (κ3) is 3.57. The number of aliphatic hydroxyl groups is 1. The van der Waals surface area contributed by atoms with Crippen LogP contribution in [0.3, 0.4) is 0 Å². The minimum atomic E-state index is -0.658. The normalized spacial score (nSPS) is 12.0. The molecule has 0 aliphatic rings. The van der Waals surface area contributed by atoms with E-state index in [0.717, 1.165) is 32.3 Å². The average molecular weight is 358 g/mol. The van der Waals surface area contributed by atoms with Crippen molar-refractivity contribution in [3.63, 3.8) is 0 Å². The molecule has 2 heterocycles. The van der Waals surface area contributed by atoms with E-state index in [4.69, 9.17) is 4.98 Å². The van der Waals surface area contributed by atoms with Gasteiger partial charge in [-0.15, -0.1) is 11.3 Å². The van der Waals surface area contributed by atoms with Crippen molar-refractivity contribution >= 4 is 11.3 Å². The summed E-state index contributed by atoms with van der Waals surface area (Å²) in [5, 5.41) is 11.8. The first-order valence-electron chi connectivity index (χ1n) is 8.50. The second-order valence-corrected chi connectivity index (χ2v) is 7.05. The largest absolute Gasteiger partial charge is 0.386 e. The second kappa shape index (κ2) is 7.60. The van der Waals surface area contributed by atoms with Crippen LogP contribution in [0, 0.1) is 0 Å². The Morgan fingerprint density at radius 2 is 1.54 bits per heavy atom. The summed E-state index contributed by atoms with van der Waals surface area (Å²) in [5.41, 5.74) is 3.86. The van der Waals surface area contributed by atoms with Crippen molar-refractivity contribution < 1.29 is 5.11 Å². The first kappa shape index (κ1) is 16.6. The summed E-state index contributed by atoms with van der Waals surface area (Å²) < 4.78 is 0. The molecule has 4 rings (SSSR count). The topological polar surface area (TPSA) is 46.0 Å². The Labute approximate surface area is 156 Å². The Morgan fingerprint density at radius 3 is 2.23 bits per heavy atom. The molecule has 1 N–H and O–H groups in total. The van der Waals surface area contributed by atoms with Crippen LogP contribution in [0.2, 0.25) is 0 Å². The first-order valence-corrected chi connectivity index (χ1v) is 9.31. The van der Waals surface area contributed by atoms with Crippen LogP contribution >= 0.6 is 11.3 Å². The number of hydrogen-bond acceptors (Lipinski definition) is 4. The van der Waals surface area contributed by atoms with Gasteiger partial charge in [-0.1, -0.05) is 60.7 Å². The summed E-state index contributed by atoms with van der Waals surface area (Å²) in [6, 6.07) is 24.0. The molecule has 4 heteroatoms. The van der Waals surface area contributed by atoms with Gasteiger partial charge in [0.25, 0.3) is 0 Å². The SMILES string of the molecule is OC(Cc1ccccc1)c1nc(-c2cccnc2)sc1-c1ccccc1. The summed E-state index contributed by atoms with van der Waals surface area (Å²) >= 11 is 1.59. The summed E-state index contributed by atoms with van der Waals surface area (Å²) in [7, 11) is 0. The Bertz CT molecular complexity index is 969. The first-order chi connectivity index (χ1) is 12.8. The van der Waals surface area contributed by atoms with Gasteiger partial charge in [-0.2, -0.15) is 0 Å². The standard InChI is InChI=1S/C22H18N2OS/c25-19(14-16-8-3-1-4-9-16)20-21(17-10-5-2-6-11-17)26-22(24-20)18-12-7-13-23-15-18/h1-13,15,19,25H,14H2. The maximum Gasteiger partial charge on any atom is 0.125 e. The number of nitrogens with zero attached hydrogens (tertiary/aromatic N) is 2. The number of hydrogen-bond donors (Lipinski definition) is 1. The number of aliphatic hydroxyl groups excluding tert-OH is 1. The lowest BCUT2D eigenvalue weighted by Crippen LogP contribution is -2.03. The third-order valence-corrected chi connectivity index (χ3v) is 5.35. The lowest BCUT2D eigenvalue weighted by atomic mass is 10.0. The van der Waals surface area contributed by atoms with Crippen molar-refractivity contribution in [2.24, 2.45) is 0 Å². The molecule has 26 heavy (non-hydrogen) atoms. The monoisotopic (exact) mass is 358 g/mol. The van der Waals surface area contributed by atoms with E-state index in [9.17, 15) is 5.11 Å². The van der Waals surface area contributed by atoms with Crippen LogP contribution in [0.4, 0.5) is 0 Å². The number of thiazole rings is 1. The van der Waals surface area contributed by atoms with Crippen LogP contribution in [0.1, 0.15) is 17.4 Å². The predicted molar refractivity (Wildman–Crippen MR) is 106 cm³/mol. The summed E-state index contributed by atoms with van der Waals surface area (Å²) in [6.07, 6.45) is 3.44. The number of benzene rings is 2. The highest BCUT2D eigenvalue weighted by atomic mass is 32.1. The minimum Gasteiger partial charge on any atom is -0.386 e. The van der Waals surface area contributed by atoms with Gasteiger partial charge in [-0.05, 0) is 23.3 Å². The Kier molecular flexibility index (Phi) is 4.86. The zero-order chi connectivity index (χ0) is 17.8. The van der Waals surface area contributed by atoms with Gasteiger partial charge in [0, 0.05) is 24.4 Å². The number of pyridine rings is 1. The van der Waals surface area contributed by atoms with E-state index in [0.29, 0.717) is 6.42 Å². The fourth-order valence-electron chi connectivity index (χ4n) is 2.90. The maximum atomic E-state index is 10.9. The smallest absolute Gasteiger partial charge is 0.125 e. The molecule has 0 bridgehead atoms. The fourth-order valence-corrected chi connectivity index (χ4v) is 4.02. The molecular formula is C22H18N2OS. The molecule has 2 aromatic carbocycles. The zero-order valence-corrected chi connectivity index (χ0v) is 14.9. The van der Waals surface area contributed by atoms with Crippen LogP contribution in [0.5, 0.6) is 0 Å². The van der Waals surface area contributed by atoms with Gasteiger partial charge in [0.15, 0.2) is 0 Å². The molecule has 0 spiro atoms. The molecule has 1 atom stereocenters. The Hall–Kier alpha value is -2.82. The average Bonchev–Trinajstić information content (AvgIpc) is 3.16. The quantitative estimate of drug-likeness (QED) is 0.537. The van der Waals surface area contributed by atoms with Crippen LogP contribution in [-0.4, -0.2) is 15.1 Å². The number of rotatable bonds is 5. The molecule has 0 radical (unpaired) electrons. The van der Waals surface area contributed by atoms with Crippen molar-refractivity contribution in [1.82, 2.24) is 9.97 Å². The minimum absolute atomic E-state index is 0.539. The fraction of sp³-hybridized carbons (Fsp3) is 0.0909. The highest BCUT2D eigenvalue weighted by Gasteiger charge is 2.21. The van der Waals surface area contributed by atoms with Crippen molar-refractivity contribution in [2.45, 2.75) is 12.5 Å². The molecule has 0 saturated heterocycles. The van der Waals surface area contributed by atoms with E-state index in [1.807, 2.05) is 60.7 Å². The van der Waals surface area contributed by atoms with Gasteiger partial charge in [0.1, 0.15) is 11.1 Å². The summed E-state index contributed by atoms with van der Waals surface area (Å²) in [4.78, 5) is 9.98. The second-order valence-electron chi connectivity index (χ2n) is 6.05. The molecule has 2 aromatic heterocycles. The molecule has 3 nitrogen and oxygen atoms in total. The van der Waals surface area contributed by atoms with Gasteiger partial charge >= 0.3 is 0 Å². The molecule has 128 valence electrons. The van der Waals surface area contributed by atoms with Gasteiger partial charge in [0.05, 0.1) is 10.6 Å². The molecule has 4 aromatic rings. The van der Waals surface area contributed by atoms with Crippen molar-refractivity contribution in [3.8, 4) is 21.0 Å². The number of aromatic nitrogens is 2. The van der Waals surface area contributed by atoms with Crippen LogP contribution in [0.25, 0.3) is 21.0 Å². The van der Waals surface area contributed by atoms with Gasteiger partial charge in [-0.3, -0.25) is 4.98 Å². The summed E-state index contributed by atoms with van der Waals surface area (Å²) in [6.45, 7) is 0. The highest BCUT2D eigenvalue weighted by molar-refractivity contribution is 7.18. The van der Waals surface area contributed by atoms with E-state index >= 15 is 0 Å². The van der Waals surface area contributed by atoms with E-state index < -0.39 is 6.10 Å². The molecule has 0 amide bonds. The van der Waals surface area contributed by atoms with E-state index in [1.165, 1.54) is 0 Å². The molecule has 0 aliphatic heterocycles. The lowest BCUT2D eigenvalue weighted by molar-refractivity contribution is 0.175. The van der Waals surface area contributed by atoms with Gasteiger partial charge in [0.2, 0.25) is 0 Å². The van der Waals surface area contributed by atoms with Gasteiger partial charge < -0.3 is 5.11 Å². The zero-order valence-electron chi connectivity index (χ0n) is 14.1. The van der Waals surface area contributed by atoms with E-state index in [-0.39, 0.29) is 0 Å². The Morgan fingerprint density at radius 1 is 0.846 bits per heavy atom. The maximum absolute atomic E-state index is 10.9. The molecule has 0 aliphatic carbocycles. The van der Waals surface area contributed by atoms with Crippen molar-refractivity contribution in [2.75, 3.05) is 0 Å². The molecule has 1 unspecified atom stereocenters. The molecular weight excluding hydrogens is 340 g/mol. The van der Waals surface area contributed by atoms with Crippen molar-refractivity contribution in [1.29, 1.82) is 0 Å². The third-order valence-electron chi connectivity index (χ3n) is 4.19. The highest BCUT2D eigenvalue weighted by Crippen LogP contribution is 2.38. The van der Waals surface area contributed by atoms with Crippen molar-refractivity contribution in [3.05, 3.63) is 96.4 Å². The summed E-state index contributed by atoms with van der Waals surface area (Å²) in [5.74, 6) is 0. The van der Waals surface area contributed by atoms with E-state index in [2.05, 4.69) is 17.1 Å².